The largest absolute Gasteiger partial charge is 0.337 e. The molecule has 5 heteroatoms. The Labute approximate surface area is 126 Å². The van der Waals surface area contributed by atoms with Crippen LogP contribution in [0.5, 0.6) is 0 Å². The van der Waals surface area contributed by atoms with E-state index in [-0.39, 0.29) is 0 Å². The summed E-state index contributed by atoms with van der Waals surface area (Å²) in [7, 11) is 2.19. The van der Waals surface area contributed by atoms with E-state index < -0.39 is 0 Å². The van der Waals surface area contributed by atoms with Gasteiger partial charge < -0.3 is 14.4 Å². The highest BCUT2D eigenvalue weighted by molar-refractivity contribution is 6.04. The summed E-state index contributed by atoms with van der Waals surface area (Å²) in [4.78, 5) is 14.7. The van der Waals surface area contributed by atoms with Crippen LogP contribution in [0.15, 0.2) is 4.99 Å². The van der Waals surface area contributed by atoms with E-state index in [4.69, 9.17) is 9.98 Å². The number of rotatable bonds is 3. The number of imidazole rings is 1. The first kappa shape index (κ1) is 13.2. The number of fused-ring (bicyclic) bond motifs is 3. The van der Waals surface area contributed by atoms with Gasteiger partial charge in [0.25, 0.3) is 0 Å². The topological polar surface area (TPSA) is 36.7 Å². The maximum atomic E-state index is 5.07. The average Bonchev–Trinajstić information content (AvgIpc) is 3.17. The van der Waals surface area contributed by atoms with Gasteiger partial charge in [-0.1, -0.05) is 19.8 Å². The Morgan fingerprint density at radius 2 is 2.05 bits per heavy atom. The first-order valence-corrected chi connectivity index (χ1v) is 8.41. The normalized spacial score (nSPS) is 21.7. The minimum Gasteiger partial charge on any atom is -0.337 e. The molecule has 0 atom stereocenters. The predicted molar refractivity (Wildman–Crippen MR) is 85.0 cm³/mol. The SMILES string of the molecule is CCCN1CN2CCN=C2c2c1nc(C1CCCC1)n2C. The Morgan fingerprint density at radius 1 is 1.24 bits per heavy atom. The minimum absolute atomic E-state index is 0.652. The van der Waals surface area contributed by atoms with Crippen molar-refractivity contribution in [2.24, 2.45) is 12.0 Å². The van der Waals surface area contributed by atoms with E-state index in [1.54, 1.807) is 0 Å². The highest BCUT2D eigenvalue weighted by atomic mass is 15.4. The van der Waals surface area contributed by atoms with E-state index in [1.165, 1.54) is 48.9 Å². The Bertz CT molecular complexity index is 567. The first-order chi connectivity index (χ1) is 10.3. The molecule has 1 saturated carbocycles. The number of aromatic nitrogens is 2. The van der Waals surface area contributed by atoms with E-state index in [0.717, 1.165) is 32.7 Å². The molecule has 21 heavy (non-hydrogen) atoms. The molecule has 0 bridgehead atoms. The van der Waals surface area contributed by atoms with E-state index in [2.05, 4.69) is 28.3 Å². The smallest absolute Gasteiger partial charge is 0.159 e. The highest BCUT2D eigenvalue weighted by Crippen LogP contribution is 2.37. The van der Waals surface area contributed by atoms with Crippen molar-refractivity contribution in [1.82, 2.24) is 14.5 Å². The summed E-state index contributed by atoms with van der Waals surface area (Å²) in [6.45, 7) is 6.27. The van der Waals surface area contributed by atoms with Crippen LogP contribution in [0.3, 0.4) is 0 Å². The molecule has 0 aromatic carbocycles. The van der Waals surface area contributed by atoms with Crippen LogP contribution in [0.25, 0.3) is 0 Å². The molecule has 3 heterocycles. The molecule has 4 rings (SSSR count). The van der Waals surface area contributed by atoms with Crippen molar-refractivity contribution in [3.05, 3.63) is 11.5 Å². The zero-order valence-corrected chi connectivity index (χ0v) is 13.2. The Morgan fingerprint density at radius 3 is 2.81 bits per heavy atom. The average molecular weight is 287 g/mol. The molecule has 114 valence electrons. The second-order valence-corrected chi connectivity index (χ2v) is 6.56. The number of nitrogens with zero attached hydrogens (tertiary/aromatic N) is 5. The van der Waals surface area contributed by atoms with Gasteiger partial charge in [0.1, 0.15) is 11.5 Å². The summed E-state index contributed by atoms with van der Waals surface area (Å²) >= 11 is 0. The van der Waals surface area contributed by atoms with Crippen molar-refractivity contribution >= 4 is 11.7 Å². The standard InChI is InChI=1S/C16H25N5/c1-3-9-20-11-21-10-8-17-15(21)13-16(20)18-14(19(13)2)12-6-4-5-7-12/h12H,3-11H2,1-2H3. The van der Waals surface area contributed by atoms with Gasteiger partial charge in [0.2, 0.25) is 0 Å². The maximum absolute atomic E-state index is 5.07. The van der Waals surface area contributed by atoms with Gasteiger partial charge >= 0.3 is 0 Å². The molecule has 1 aliphatic carbocycles. The van der Waals surface area contributed by atoms with Crippen molar-refractivity contribution in [1.29, 1.82) is 0 Å². The number of aliphatic imine (C=N–C) groups is 1. The lowest BCUT2D eigenvalue weighted by atomic mass is 10.1. The molecule has 1 aromatic heterocycles. The summed E-state index contributed by atoms with van der Waals surface area (Å²) in [6.07, 6.45) is 6.47. The number of anilines is 1. The monoisotopic (exact) mass is 287 g/mol. The minimum atomic E-state index is 0.652. The predicted octanol–water partition coefficient (Wildman–Crippen LogP) is 2.33. The van der Waals surface area contributed by atoms with Crippen LogP contribution in [0.2, 0.25) is 0 Å². The van der Waals surface area contributed by atoms with E-state index in [0.29, 0.717) is 5.92 Å². The van der Waals surface area contributed by atoms with E-state index in [1.807, 2.05) is 0 Å². The molecule has 0 spiro atoms. The van der Waals surface area contributed by atoms with E-state index in [9.17, 15) is 0 Å². The van der Waals surface area contributed by atoms with Gasteiger partial charge in [0, 0.05) is 26.1 Å². The van der Waals surface area contributed by atoms with Gasteiger partial charge in [-0.25, -0.2) is 4.98 Å². The van der Waals surface area contributed by atoms with Crippen molar-refractivity contribution in [2.75, 3.05) is 31.2 Å². The van der Waals surface area contributed by atoms with Crippen molar-refractivity contribution in [2.45, 2.75) is 44.9 Å². The van der Waals surface area contributed by atoms with Gasteiger partial charge in [-0.05, 0) is 19.3 Å². The molecule has 1 aromatic rings. The first-order valence-electron chi connectivity index (χ1n) is 8.41. The Balaban J connectivity index is 1.79. The zero-order valence-electron chi connectivity index (χ0n) is 13.2. The van der Waals surface area contributed by atoms with Gasteiger partial charge in [-0.2, -0.15) is 0 Å². The molecular weight excluding hydrogens is 262 g/mol. The third-order valence-electron chi connectivity index (χ3n) is 5.11. The molecule has 0 radical (unpaired) electrons. The van der Waals surface area contributed by atoms with Crippen LogP contribution in [-0.2, 0) is 7.05 Å². The van der Waals surface area contributed by atoms with Crippen LogP contribution in [0.4, 0.5) is 5.82 Å². The summed E-state index contributed by atoms with van der Waals surface area (Å²) < 4.78 is 2.34. The fraction of sp³-hybridized carbons (Fsp3) is 0.750. The molecule has 1 fully saturated rings. The second kappa shape index (κ2) is 5.04. The van der Waals surface area contributed by atoms with Crippen LogP contribution in [0.1, 0.15) is 56.5 Å². The fourth-order valence-corrected chi connectivity index (χ4v) is 4.09. The Kier molecular flexibility index (Phi) is 3.16. The molecular formula is C16H25N5. The fourth-order valence-electron chi connectivity index (χ4n) is 4.09. The van der Waals surface area contributed by atoms with Crippen molar-refractivity contribution in [3.8, 4) is 0 Å². The summed E-state index contributed by atoms with van der Waals surface area (Å²) in [5.74, 6) is 4.30. The quantitative estimate of drug-likeness (QED) is 0.856. The van der Waals surface area contributed by atoms with Gasteiger partial charge in [-0.3, -0.25) is 4.99 Å². The summed E-state index contributed by atoms with van der Waals surface area (Å²) in [6, 6.07) is 0. The number of hydrogen-bond donors (Lipinski definition) is 0. The van der Waals surface area contributed by atoms with Crippen LogP contribution in [-0.4, -0.2) is 46.6 Å². The van der Waals surface area contributed by atoms with Crippen LogP contribution < -0.4 is 4.90 Å². The van der Waals surface area contributed by atoms with Gasteiger partial charge in [-0.15, -0.1) is 0 Å². The summed E-state index contributed by atoms with van der Waals surface area (Å²) in [5, 5.41) is 0. The molecule has 2 aliphatic heterocycles. The molecule has 0 saturated heterocycles. The highest BCUT2D eigenvalue weighted by Gasteiger charge is 2.36. The van der Waals surface area contributed by atoms with Crippen molar-refractivity contribution in [3.63, 3.8) is 0 Å². The lowest BCUT2D eigenvalue weighted by molar-refractivity contribution is 0.434. The number of hydrogen-bond acceptors (Lipinski definition) is 4. The Hall–Kier alpha value is -1.52. The summed E-state index contributed by atoms with van der Waals surface area (Å²) in [5.41, 5.74) is 1.26. The van der Waals surface area contributed by atoms with Crippen LogP contribution >= 0.6 is 0 Å². The van der Waals surface area contributed by atoms with Crippen molar-refractivity contribution < 1.29 is 0 Å². The molecule has 0 amide bonds. The lowest BCUT2D eigenvalue weighted by Crippen LogP contribution is -2.46. The van der Waals surface area contributed by atoms with Crippen LogP contribution in [0, 0.1) is 0 Å². The zero-order chi connectivity index (χ0) is 14.4. The second-order valence-electron chi connectivity index (χ2n) is 6.56. The maximum Gasteiger partial charge on any atom is 0.159 e. The van der Waals surface area contributed by atoms with E-state index >= 15 is 0 Å². The molecule has 0 unspecified atom stereocenters. The molecule has 3 aliphatic rings. The lowest BCUT2D eigenvalue weighted by Gasteiger charge is -2.35. The molecule has 0 N–H and O–H groups in total. The number of amidine groups is 1. The third kappa shape index (κ3) is 1.97. The van der Waals surface area contributed by atoms with Gasteiger partial charge in [0.15, 0.2) is 11.7 Å². The third-order valence-corrected chi connectivity index (χ3v) is 5.11. The molecule has 5 nitrogen and oxygen atoms in total. The van der Waals surface area contributed by atoms with Gasteiger partial charge in [0.05, 0.1) is 13.2 Å².